The first-order valence-corrected chi connectivity index (χ1v) is 8.50. The van der Waals surface area contributed by atoms with E-state index < -0.39 is 0 Å². The van der Waals surface area contributed by atoms with Crippen LogP contribution >= 0.6 is 0 Å². The smallest absolute Gasteiger partial charge is 1.00 e. The first-order chi connectivity index (χ1) is 8.74. The molecule has 4 heteroatoms. The molecule has 0 spiro atoms. The molecule has 0 N–H and O–H groups in total. The third-order valence-electron chi connectivity index (χ3n) is 3.20. The molecule has 0 aliphatic rings. The van der Waals surface area contributed by atoms with E-state index >= 15 is 0 Å². The van der Waals surface area contributed by atoms with Crippen molar-refractivity contribution in [3.05, 3.63) is 41.5 Å². The van der Waals surface area contributed by atoms with Gasteiger partial charge in [-0.1, -0.05) is 52.3 Å². The van der Waals surface area contributed by atoms with E-state index in [1.54, 1.807) is 0 Å². The van der Waals surface area contributed by atoms with Crippen molar-refractivity contribution in [3.8, 4) is 0 Å². The Kier molecular flexibility index (Phi) is 19.4. The van der Waals surface area contributed by atoms with Gasteiger partial charge in [-0.3, -0.25) is 0 Å². The Morgan fingerprint density at radius 3 is 2.00 bits per heavy atom. The molecule has 0 heterocycles. The quantitative estimate of drug-likeness (QED) is 0.458. The molecule has 21 heavy (non-hydrogen) atoms. The van der Waals surface area contributed by atoms with Crippen LogP contribution in [0.15, 0.2) is 30.3 Å². The molecule has 0 saturated carbocycles. The summed E-state index contributed by atoms with van der Waals surface area (Å²) in [5.74, 6) is 0. The maximum atomic E-state index is 2.33. The van der Waals surface area contributed by atoms with E-state index in [9.17, 15) is 0 Å². The Hall–Kier alpha value is 0.510. The Morgan fingerprint density at radius 2 is 1.57 bits per heavy atom. The van der Waals surface area contributed by atoms with E-state index in [1.165, 1.54) is 56.3 Å². The summed E-state index contributed by atoms with van der Waals surface area (Å²) >= 11 is 0. The van der Waals surface area contributed by atoms with Crippen LogP contribution in [0.25, 0.3) is 10.8 Å². The molecule has 0 nitrogen and oxygen atoms in total. The summed E-state index contributed by atoms with van der Waals surface area (Å²) in [7, 11) is 1.20. The van der Waals surface area contributed by atoms with E-state index in [2.05, 4.69) is 58.0 Å². The van der Waals surface area contributed by atoms with Gasteiger partial charge in [-0.15, -0.1) is 40.6 Å². The van der Waals surface area contributed by atoms with Crippen LogP contribution in [0.4, 0.5) is 0 Å². The van der Waals surface area contributed by atoms with E-state index in [-0.39, 0.29) is 51.0 Å². The fourth-order valence-corrected chi connectivity index (χ4v) is 2.71. The second-order valence-corrected chi connectivity index (χ2v) is 6.50. The summed E-state index contributed by atoms with van der Waals surface area (Å²) < 4.78 is 0. The average molecular weight is 420 g/mol. The maximum Gasteiger partial charge on any atom is 3.00 e. The number of aryl methyl sites for hydroxylation is 2. The standard InChI is InChI=1S/C13H15.C4H10Si.2ClH.Zr/c1-3-6-11-9-12-7-4-5-8-13(12)10(11)2;1-3-5-4-2;;;/h4-5,7-9H,3,6H2,1-2H3;3-4H2,1-2H3;2*1H;/q-1;;;;+3/p-2. The van der Waals surface area contributed by atoms with Crippen LogP contribution in [0.2, 0.25) is 12.1 Å². The van der Waals surface area contributed by atoms with Gasteiger partial charge >= 0.3 is 26.2 Å². The number of hydrogen-bond donors (Lipinski definition) is 0. The van der Waals surface area contributed by atoms with Crippen molar-refractivity contribution in [2.75, 3.05) is 0 Å². The molecule has 0 saturated heterocycles. The number of benzene rings is 1. The summed E-state index contributed by atoms with van der Waals surface area (Å²) in [6.07, 6.45) is 2.44. The Balaban J connectivity index is -0.000000360. The molecule has 2 aromatic rings. The zero-order chi connectivity index (χ0) is 13.4. The molecular weight excluding hydrogens is 394 g/mol. The van der Waals surface area contributed by atoms with Crippen molar-refractivity contribution in [2.24, 2.45) is 0 Å². The minimum atomic E-state index is 0. The van der Waals surface area contributed by atoms with Crippen molar-refractivity contribution in [3.63, 3.8) is 0 Å². The van der Waals surface area contributed by atoms with E-state index in [0.29, 0.717) is 0 Å². The van der Waals surface area contributed by atoms with Gasteiger partial charge in [0.1, 0.15) is 0 Å². The van der Waals surface area contributed by atoms with Gasteiger partial charge in [0.05, 0.1) is 0 Å². The van der Waals surface area contributed by atoms with Crippen molar-refractivity contribution >= 4 is 20.3 Å². The molecule has 0 atom stereocenters. The van der Waals surface area contributed by atoms with Gasteiger partial charge in [0.15, 0.2) is 0 Å². The molecule has 2 aromatic carbocycles. The van der Waals surface area contributed by atoms with Gasteiger partial charge < -0.3 is 24.8 Å². The number of halogens is 2. The zero-order valence-corrected chi connectivity index (χ0v) is 18.4. The molecule has 115 valence electrons. The Bertz CT molecular complexity index is 467. The van der Waals surface area contributed by atoms with Crippen LogP contribution in [0.5, 0.6) is 0 Å². The molecule has 3 radical (unpaired) electrons. The number of fused-ring (bicyclic) bond motifs is 1. The average Bonchev–Trinajstić information content (AvgIpc) is 2.70. The Labute approximate surface area is 164 Å². The largest absolute Gasteiger partial charge is 3.00 e. The molecule has 0 fully saturated rings. The van der Waals surface area contributed by atoms with E-state index in [1.807, 2.05) is 0 Å². The number of rotatable bonds is 4. The van der Waals surface area contributed by atoms with Gasteiger partial charge in [0.2, 0.25) is 0 Å². The summed E-state index contributed by atoms with van der Waals surface area (Å²) in [4.78, 5) is 0. The predicted octanol–water partition coefficient (Wildman–Crippen LogP) is -0.608. The molecule has 0 aromatic heterocycles. The van der Waals surface area contributed by atoms with Gasteiger partial charge in [-0.05, 0) is 6.42 Å². The van der Waals surface area contributed by atoms with Crippen molar-refractivity contribution in [1.29, 1.82) is 0 Å². The normalized spacial score (nSPS) is 8.76. The first-order valence-electron chi connectivity index (χ1n) is 7.09. The zero-order valence-electron chi connectivity index (χ0n) is 13.5. The van der Waals surface area contributed by atoms with E-state index in [0.717, 1.165) is 0 Å². The van der Waals surface area contributed by atoms with Crippen LogP contribution in [0.1, 0.15) is 38.3 Å². The molecule has 0 aliphatic heterocycles. The second kappa shape index (κ2) is 15.4. The predicted molar refractivity (Wildman–Crippen MR) is 85.0 cm³/mol. The molecule has 0 unspecified atom stereocenters. The van der Waals surface area contributed by atoms with Crippen molar-refractivity contribution < 1.29 is 51.0 Å². The van der Waals surface area contributed by atoms with Gasteiger partial charge in [-0.25, -0.2) is 0 Å². The minimum absolute atomic E-state index is 0. The third-order valence-corrected chi connectivity index (χ3v) is 4.20. The third kappa shape index (κ3) is 8.65. The van der Waals surface area contributed by atoms with Gasteiger partial charge in [0, 0.05) is 9.52 Å². The monoisotopic (exact) mass is 417 g/mol. The minimum Gasteiger partial charge on any atom is -1.00 e. The SMILES string of the molecule is CCCc1[cH-]c2ccccc2c1C.CC[Si]CC.[Cl-].[Cl-].[Zr+3]. The van der Waals surface area contributed by atoms with Crippen LogP contribution in [0.3, 0.4) is 0 Å². The second-order valence-electron chi connectivity index (χ2n) is 4.59. The van der Waals surface area contributed by atoms with Crippen LogP contribution in [-0.4, -0.2) is 9.52 Å². The topological polar surface area (TPSA) is 0 Å². The first kappa shape index (κ1) is 26.4. The van der Waals surface area contributed by atoms with Crippen LogP contribution in [-0.2, 0) is 32.6 Å². The molecule has 0 aliphatic carbocycles. The molecule has 0 amide bonds. The van der Waals surface area contributed by atoms with Gasteiger partial charge in [0.25, 0.3) is 0 Å². The molecule has 2 rings (SSSR count). The number of hydrogen-bond acceptors (Lipinski definition) is 0. The maximum absolute atomic E-state index is 2.33. The fourth-order valence-electron chi connectivity index (χ4n) is 2.21. The summed E-state index contributed by atoms with van der Waals surface area (Å²) in [6.45, 7) is 8.91. The van der Waals surface area contributed by atoms with Crippen molar-refractivity contribution in [2.45, 2.75) is 52.6 Å². The summed E-state index contributed by atoms with van der Waals surface area (Å²) in [5, 5.41) is 2.81. The van der Waals surface area contributed by atoms with E-state index in [4.69, 9.17) is 0 Å². The summed E-state index contributed by atoms with van der Waals surface area (Å²) in [6, 6.07) is 13.7. The van der Waals surface area contributed by atoms with Gasteiger partial charge in [-0.2, -0.15) is 5.56 Å². The van der Waals surface area contributed by atoms with Crippen molar-refractivity contribution in [1.82, 2.24) is 0 Å². The molecule has 0 bridgehead atoms. The fraction of sp³-hybridized carbons (Fsp3) is 0.471. The Morgan fingerprint density at radius 1 is 1.00 bits per heavy atom. The van der Waals surface area contributed by atoms with Crippen LogP contribution in [0, 0.1) is 6.92 Å². The molecular formula is C17H25Cl2SiZr. The summed E-state index contributed by atoms with van der Waals surface area (Å²) in [5.41, 5.74) is 2.99. The van der Waals surface area contributed by atoms with Crippen LogP contribution < -0.4 is 24.8 Å².